The van der Waals surface area contributed by atoms with Gasteiger partial charge in [-0.3, -0.25) is 10.1 Å². The molecular weight excluding hydrogens is 264 g/mol. The van der Waals surface area contributed by atoms with Gasteiger partial charge in [-0.05, 0) is 13.0 Å². The molecule has 1 aliphatic carbocycles. The first kappa shape index (κ1) is 14.5. The Balaban J connectivity index is 2.11. The van der Waals surface area contributed by atoms with E-state index in [0.29, 0.717) is 24.5 Å². The van der Waals surface area contributed by atoms with Gasteiger partial charge >= 0.3 is 0 Å². The molecule has 0 radical (unpaired) electrons. The minimum absolute atomic E-state index is 0.0380. The van der Waals surface area contributed by atoms with E-state index < -0.39 is 4.92 Å². The van der Waals surface area contributed by atoms with Crippen molar-refractivity contribution in [2.24, 2.45) is 5.73 Å². The Morgan fingerprint density at radius 2 is 2.20 bits per heavy atom. The van der Waals surface area contributed by atoms with Crippen molar-refractivity contribution in [3.05, 3.63) is 28.3 Å². The maximum absolute atomic E-state index is 10.7. The first-order valence-electron chi connectivity index (χ1n) is 6.43. The van der Waals surface area contributed by atoms with Crippen LogP contribution < -0.4 is 15.2 Å². The number of methoxy groups -OCH3 is 1. The number of ether oxygens (including phenoxy) is 3. The van der Waals surface area contributed by atoms with Crippen LogP contribution in [0.5, 0.6) is 11.5 Å². The smallest absolute Gasteiger partial charge is 0.273 e. The van der Waals surface area contributed by atoms with Gasteiger partial charge in [0.15, 0.2) is 11.5 Å². The van der Waals surface area contributed by atoms with Gasteiger partial charge in [-0.2, -0.15) is 0 Å². The third-order valence-corrected chi connectivity index (χ3v) is 3.29. The Labute approximate surface area is 116 Å². The summed E-state index contributed by atoms with van der Waals surface area (Å²) < 4.78 is 16.4. The fourth-order valence-electron chi connectivity index (χ4n) is 2.19. The largest absolute Gasteiger partial charge is 0.493 e. The molecule has 0 saturated heterocycles. The molecule has 1 aromatic carbocycles. The predicted octanol–water partition coefficient (Wildman–Crippen LogP) is 1.49. The average Bonchev–Trinajstić information content (AvgIpc) is 2.44. The SMILES string of the molecule is CCOC1C(N)CC1Oc1ccc([N+](=O)[O-])cc1OC. The highest BCUT2D eigenvalue weighted by Gasteiger charge is 2.41. The van der Waals surface area contributed by atoms with Crippen molar-refractivity contribution in [1.29, 1.82) is 0 Å². The molecule has 0 spiro atoms. The van der Waals surface area contributed by atoms with Gasteiger partial charge in [0.1, 0.15) is 12.2 Å². The number of benzene rings is 1. The van der Waals surface area contributed by atoms with E-state index in [0.717, 1.165) is 0 Å². The van der Waals surface area contributed by atoms with Gasteiger partial charge in [-0.25, -0.2) is 0 Å². The molecule has 0 aliphatic heterocycles. The minimum atomic E-state index is -0.478. The molecule has 7 heteroatoms. The highest BCUT2D eigenvalue weighted by Crippen LogP contribution is 2.35. The van der Waals surface area contributed by atoms with E-state index in [2.05, 4.69) is 0 Å². The lowest BCUT2D eigenvalue weighted by Crippen LogP contribution is -2.59. The molecular formula is C13H18N2O5. The van der Waals surface area contributed by atoms with Crippen LogP contribution in [-0.4, -0.2) is 36.9 Å². The van der Waals surface area contributed by atoms with Crippen molar-refractivity contribution in [3.63, 3.8) is 0 Å². The molecule has 3 atom stereocenters. The van der Waals surface area contributed by atoms with Crippen molar-refractivity contribution >= 4 is 5.69 Å². The Bertz CT molecular complexity index is 494. The normalized spacial score (nSPS) is 24.9. The van der Waals surface area contributed by atoms with Gasteiger partial charge in [0, 0.05) is 25.1 Å². The average molecular weight is 282 g/mol. The van der Waals surface area contributed by atoms with Crippen LogP contribution in [0, 0.1) is 10.1 Å². The number of hydrogen-bond donors (Lipinski definition) is 1. The van der Waals surface area contributed by atoms with Crippen LogP contribution >= 0.6 is 0 Å². The molecule has 3 unspecified atom stereocenters. The molecule has 1 aromatic rings. The summed E-state index contributed by atoms with van der Waals surface area (Å²) >= 11 is 0. The summed E-state index contributed by atoms with van der Waals surface area (Å²) in [5.41, 5.74) is 5.82. The summed E-state index contributed by atoms with van der Waals surface area (Å²) in [7, 11) is 1.44. The van der Waals surface area contributed by atoms with Crippen molar-refractivity contribution in [1.82, 2.24) is 0 Å². The molecule has 0 amide bonds. The number of nitro benzene ring substituents is 1. The Morgan fingerprint density at radius 3 is 2.75 bits per heavy atom. The highest BCUT2D eigenvalue weighted by molar-refractivity contribution is 5.48. The maximum Gasteiger partial charge on any atom is 0.273 e. The molecule has 7 nitrogen and oxygen atoms in total. The van der Waals surface area contributed by atoms with Gasteiger partial charge in [0.05, 0.1) is 18.1 Å². The standard InChI is InChI=1S/C13H18N2O5/c1-3-19-13-9(14)7-12(13)20-10-5-4-8(15(16)17)6-11(10)18-2/h4-6,9,12-13H,3,7,14H2,1-2H3. The summed E-state index contributed by atoms with van der Waals surface area (Å²) in [4.78, 5) is 10.2. The minimum Gasteiger partial charge on any atom is -0.493 e. The number of nitrogens with two attached hydrogens (primary N) is 1. The van der Waals surface area contributed by atoms with E-state index >= 15 is 0 Å². The zero-order chi connectivity index (χ0) is 14.7. The van der Waals surface area contributed by atoms with Crippen LogP contribution in [0.15, 0.2) is 18.2 Å². The van der Waals surface area contributed by atoms with Crippen LogP contribution in [0.4, 0.5) is 5.69 Å². The molecule has 1 saturated carbocycles. The van der Waals surface area contributed by atoms with Gasteiger partial charge in [-0.1, -0.05) is 0 Å². The lowest BCUT2D eigenvalue weighted by atomic mass is 9.86. The van der Waals surface area contributed by atoms with Crippen molar-refractivity contribution in [2.45, 2.75) is 31.6 Å². The van der Waals surface area contributed by atoms with Crippen LogP contribution in [0.1, 0.15) is 13.3 Å². The fraction of sp³-hybridized carbons (Fsp3) is 0.538. The van der Waals surface area contributed by atoms with Crippen LogP contribution in [0.3, 0.4) is 0 Å². The Hall–Kier alpha value is -1.86. The molecule has 0 aromatic heterocycles. The second-order valence-corrected chi connectivity index (χ2v) is 4.57. The number of rotatable bonds is 6. The molecule has 1 fully saturated rings. The summed E-state index contributed by atoms with van der Waals surface area (Å²) in [5, 5.41) is 10.7. The van der Waals surface area contributed by atoms with E-state index in [-0.39, 0.29) is 23.9 Å². The molecule has 1 aliphatic rings. The molecule has 2 N–H and O–H groups in total. The van der Waals surface area contributed by atoms with Crippen LogP contribution in [-0.2, 0) is 4.74 Å². The molecule has 0 bridgehead atoms. The van der Waals surface area contributed by atoms with E-state index in [1.54, 1.807) is 0 Å². The second-order valence-electron chi connectivity index (χ2n) is 4.57. The third kappa shape index (κ3) is 2.83. The van der Waals surface area contributed by atoms with E-state index in [1.165, 1.54) is 25.3 Å². The molecule has 0 heterocycles. The summed E-state index contributed by atoms with van der Waals surface area (Å²) in [6.45, 7) is 2.46. The molecule has 20 heavy (non-hydrogen) atoms. The Kier molecular flexibility index (Phi) is 4.41. The number of nitro groups is 1. The number of hydrogen-bond acceptors (Lipinski definition) is 6. The van der Waals surface area contributed by atoms with Crippen molar-refractivity contribution < 1.29 is 19.1 Å². The maximum atomic E-state index is 10.7. The van der Waals surface area contributed by atoms with Crippen molar-refractivity contribution in [3.8, 4) is 11.5 Å². The highest BCUT2D eigenvalue weighted by atomic mass is 16.6. The topological polar surface area (TPSA) is 96.9 Å². The van der Waals surface area contributed by atoms with E-state index in [1.807, 2.05) is 6.92 Å². The zero-order valence-electron chi connectivity index (χ0n) is 11.4. The van der Waals surface area contributed by atoms with E-state index in [4.69, 9.17) is 19.9 Å². The molecule has 110 valence electrons. The zero-order valence-corrected chi connectivity index (χ0v) is 11.4. The lowest BCUT2D eigenvalue weighted by molar-refractivity contribution is -0.385. The molecule has 2 rings (SSSR count). The quantitative estimate of drug-likeness (QED) is 0.627. The Morgan fingerprint density at radius 1 is 1.45 bits per heavy atom. The van der Waals surface area contributed by atoms with Crippen molar-refractivity contribution in [2.75, 3.05) is 13.7 Å². The van der Waals surface area contributed by atoms with Crippen LogP contribution in [0.25, 0.3) is 0 Å². The number of nitrogens with zero attached hydrogens (tertiary/aromatic N) is 1. The fourth-order valence-corrected chi connectivity index (χ4v) is 2.19. The van der Waals surface area contributed by atoms with Gasteiger partial charge in [-0.15, -0.1) is 0 Å². The third-order valence-electron chi connectivity index (χ3n) is 3.29. The van der Waals surface area contributed by atoms with Gasteiger partial charge < -0.3 is 19.9 Å². The van der Waals surface area contributed by atoms with Crippen LogP contribution in [0.2, 0.25) is 0 Å². The first-order chi connectivity index (χ1) is 9.56. The lowest BCUT2D eigenvalue weighted by Gasteiger charge is -2.41. The van der Waals surface area contributed by atoms with Gasteiger partial charge in [0.2, 0.25) is 0 Å². The predicted molar refractivity (Wildman–Crippen MR) is 72.1 cm³/mol. The first-order valence-corrected chi connectivity index (χ1v) is 6.43. The number of non-ortho nitro benzene ring substituents is 1. The monoisotopic (exact) mass is 282 g/mol. The van der Waals surface area contributed by atoms with Gasteiger partial charge in [0.25, 0.3) is 5.69 Å². The van der Waals surface area contributed by atoms with E-state index in [9.17, 15) is 10.1 Å². The summed E-state index contributed by atoms with van der Waals surface area (Å²) in [6, 6.07) is 4.21. The summed E-state index contributed by atoms with van der Waals surface area (Å²) in [5.74, 6) is 0.787. The second kappa shape index (κ2) is 6.06. The summed E-state index contributed by atoms with van der Waals surface area (Å²) in [6.07, 6.45) is 0.380.